The molecule has 0 saturated carbocycles. The van der Waals surface area contributed by atoms with E-state index >= 15 is 0 Å². The van der Waals surface area contributed by atoms with E-state index in [2.05, 4.69) is 73.3 Å². The lowest BCUT2D eigenvalue weighted by Crippen LogP contribution is -2.27. The van der Waals surface area contributed by atoms with Crippen molar-refractivity contribution in [3.05, 3.63) is 71.3 Å². The molecular weight excluding hydrogens is 256 g/mol. The number of hydrogen-bond acceptors (Lipinski definition) is 2. The molecule has 0 radical (unpaired) electrons. The normalized spacial score (nSPS) is 11.3. The van der Waals surface area contributed by atoms with Gasteiger partial charge in [-0.15, -0.1) is 0 Å². The molecule has 0 aliphatic carbocycles. The fourth-order valence-electron chi connectivity index (χ4n) is 2.66. The topological polar surface area (TPSA) is 29.3 Å². The second-order valence-electron chi connectivity index (χ2n) is 6.07. The molecule has 0 saturated heterocycles. The van der Waals surface area contributed by atoms with E-state index in [-0.39, 0.29) is 0 Å². The fourth-order valence-corrected chi connectivity index (χ4v) is 2.66. The van der Waals surface area contributed by atoms with Crippen LogP contribution in [0.15, 0.2) is 54.6 Å². The molecule has 0 amide bonds. The molecule has 112 valence electrons. The molecule has 21 heavy (non-hydrogen) atoms. The van der Waals surface area contributed by atoms with Crippen molar-refractivity contribution in [2.75, 3.05) is 6.54 Å². The van der Waals surface area contributed by atoms with Crippen LogP contribution in [0.1, 0.15) is 30.5 Å². The zero-order valence-electron chi connectivity index (χ0n) is 13.1. The molecule has 2 nitrogen and oxygen atoms in total. The Morgan fingerprint density at radius 3 is 2.14 bits per heavy atom. The molecule has 0 unspecified atom stereocenters. The summed E-state index contributed by atoms with van der Waals surface area (Å²) in [6.45, 7) is 8.22. The molecule has 0 heterocycles. The largest absolute Gasteiger partial charge is 0.326 e. The Balaban J connectivity index is 2.08. The number of nitrogens with zero attached hydrogens (tertiary/aromatic N) is 1. The van der Waals surface area contributed by atoms with E-state index in [1.54, 1.807) is 0 Å². The maximum Gasteiger partial charge on any atom is 0.0237 e. The molecule has 0 fully saturated rings. The Kier molecular flexibility index (Phi) is 5.97. The van der Waals surface area contributed by atoms with Crippen molar-refractivity contribution >= 4 is 0 Å². The van der Waals surface area contributed by atoms with E-state index in [1.807, 2.05) is 0 Å². The van der Waals surface area contributed by atoms with Gasteiger partial charge in [-0.1, -0.05) is 68.4 Å². The van der Waals surface area contributed by atoms with Crippen LogP contribution in [0.3, 0.4) is 0 Å². The zero-order chi connectivity index (χ0) is 15.1. The molecule has 2 aromatic rings. The Hall–Kier alpha value is -1.64. The minimum absolute atomic E-state index is 0.608. The molecule has 2 aromatic carbocycles. The molecule has 0 atom stereocenters. The van der Waals surface area contributed by atoms with Crippen LogP contribution in [0.4, 0.5) is 0 Å². The smallest absolute Gasteiger partial charge is 0.0237 e. The van der Waals surface area contributed by atoms with Crippen molar-refractivity contribution in [2.45, 2.75) is 33.5 Å². The summed E-state index contributed by atoms with van der Waals surface area (Å²) in [5, 5.41) is 0. The molecule has 0 aliphatic heterocycles. The summed E-state index contributed by atoms with van der Waals surface area (Å²) < 4.78 is 0. The SMILES string of the molecule is CC(C)CN(Cc1ccccc1)Cc1cccc(CN)c1. The van der Waals surface area contributed by atoms with E-state index in [1.165, 1.54) is 16.7 Å². The average Bonchev–Trinajstić information content (AvgIpc) is 2.48. The first kappa shape index (κ1) is 15.7. The first-order chi connectivity index (χ1) is 10.2. The van der Waals surface area contributed by atoms with E-state index in [9.17, 15) is 0 Å². The Labute approximate surface area is 128 Å². The Morgan fingerprint density at radius 2 is 1.48 bits per heavy atom. The predicted molar refractivity (Wildman–Crippen MR) is 89.7 cm³/mol. The van der Waals surface area contributed by atoms with E-state index in [0.717, 1.165) is 19.6 Å². The maximum atomic E-state index is 5.74. The van der Waals surface area contributed by atoms with Gasteiger partial charge in [-0.2, -0.15) is 0 Å². The number of rotatable bonds is 7. The highest BCUT2D eigenvalue weighted by Crippen LogP contribution is 2.13. The van der Waals surface area contributed by atoms with Crippen molar-refractivity contribution < 1.29 is 0 Å². The third kappa shape index (κ3) is 5.33. The molecule has 0 bridgehead atoms. The van der Waals surface area contributed by atoms with Crippen LogP contribution in [0.5, 0.6) is 0 Å². The predicted octanol–water partition coefficient (Wildman–Crippen LogP) is 3.80. The summed E-state index contributed by atoms with van der Waals surface area (Å²) in [5.41, 5.74) is 9.66. The summed E-state index contributed by atoms with van der Waals surface area (Å²) in [6.07, 6.45) is 0. The third-order valence-corrected chi connectivity index (χ3v) is 3.51. The minimum atomic E-state index is 0.608. The van der Waals surface area contributed by atoms with E-state index < -0.39 is 0 Å². The van der Waals surface area contributed by atoms with Crippen molar-refractivity contribution in [3.8, 4) is 0 Å². The van der Waals surface area contributed by atoms with Crippen LogP contribution in [-0.4, -0.2) is 11.4 Å². The monoisotopic (exact) mass is 282 g/mol. The van der Waals surface area contributed by atoms with Crippen LogP contribution in [0.2, 0.25) is 0 Å². The van der Waals surface area contributed by atoms with Gasteiger partial charge in [-0.25, -0.2) is 0 Å². The van der Waals surface area contributed by atoms with Gasteiger partial charge in [0.05, 0.1) is 0 Å². The molecular formula is C19H26N2. The molecule has 0 aliphatic rings. The highest BCUT2D eigenvalue weighted by molar-refractivity contribution is 5.23. The number of benzene rings is 2. The fraction of sp³-hybridized carbons (Fsp3) is 0.368. The van der Waals surface area contributed by atoms with E-state index in [4.69, 9.17) is 5.73 Å². The van der Waals surface area contributed by atoms with Crippen molar-refractivity contribution in [3.63, 3.8) is 0 Å². The molecule has 2 N–H and O–H groups in total. The van der Waals surface area contributed by atoms with Crippen molar-refractivity contribution in [1.29, 1.82) is 0 Å². The Morgan fingerprint density at radius 1 is 0.857 bits per heavy atom. The lowest BCUT2D eigenvalue weighted by atomic mass is 10.1. The second kappa shape index (κ2) is 7.96. The summed E-state index contributed by atoms with van der Waals surface area (Å²) in [4.78, 5) is 2.51. The van der Waals surface area contributed by atoms with Gasteiger partial charge in [0.1, 0.15) is 0 Å². The van der Waals surface area contributed by atoms with Gasteiger partial charge in [0, 0.05) is 26.2 Å². The first-order valence-corrected chi connectivity index (χ1v) is 7.71. The average molecular weight is 282 g/mol. The van der Waals surface area contributed by atoms with Gasteiger partial charge >= 0.3 is 0 Å². The van der Waals surface area contributed by atoms with Crippen LogP contribution in [0, 0.1) is 5.92 Å². The van der Waals surface area contributed by atoms with Gasteiger partial charge in [0.25, 0.3) is 0 Å². The van der Waals surface area contributed by atoms with Gasteiger partial charge in [-0.05, 0) is 22.6 Å². The highest BCUT2D eigenvalue weighted by Gasteiger charge is 2.09. The zero-order valence-corrected chi connectivity index (χ0v) is 13.1. The quantitative estimate of drug-likeness (QED) is 0.837. The Bertz CT molecular complexity index is 534. The summed E-state index contributed by atoms with van der Waals surface area (Å²) >= 11 is 0. The standard InChI is InChI=1S/C19H26N2/c1-16(2)13-21(14-17-7-4-3-5-8-17)15-19-10-6-9-18(11-19)12-20/h3-11,16H,12-15,20H2,1-2H3. The third-order valence-electron chi connectivity index (χ3n) is 3.51. The molecule has 2 rings (SSSR count). The molecule has 0 spiro atoms. The van der Waals surface area contributed by atoms with Gasteiger partial charge in [0.2, 0.25) is 0 Å². The van der Waals surface area contributed by atoms with Gasteiger partial charge in [-0.3, -0.25) is 4.90 Å². The number of hydrogen-bond donors (Lipinski definition) is 1. The molecule has 2 heteroatoms. The van der Waals surface area contributed by atoms with Gasteiger partial charge < -0.3 is 5.73 Å². The maximum absolute atomic E-state index is 5.74. The summed E-state index contributed by atoms with van der Waals surface area (Å²) in [5.74, 6) is 0.659. The lowest BCUT2D eigenvalue weighted by Gasteiger charge is -2.24. The minimum Gasteiger partial charge on any atom is -0.326 e. The van der Waals surface area contributed by atoms with Crippen LogP contribution in [0.25, 0.3) is 0 Å². The van der Waals surface area contributed by atoms with E-state index in [0.29, 0.717) is 12.5 Å². The highest BCUT2D eigenvalue weighted by atomic mass is 15.1. The van der Waals surface area contributed by atoms with Crippen molar-refractivity contribution in [1.82, 2.24) is 4.90 Å². The van der Waals surface area contributed by atoms with Gasteiger partial charge in [0.15, 0.2) is 0 Å². The first-order valence-electron chi connectivity index (χ1n) is 7.71. The lowest BCUT2D eigenvalue weighted by molar-refractivity contribution is 0.227. The number of nitrogens with two attached hydrogens (primary N) is 1. The second-order valence-corrected chi connectivity index (χ2v) is 6.07. The van der Waals surface area contributed by atoms with Crippen LogP contribution >= 0.6 is 0 Å². The summed E-state index contributed by atoms with van der Waals surface area (Å²) in [6, 6.07) is 19.3. The summed E-state index contributed by atoms with van der Waals surface area (Å²) in [7, 11) is 0. The van der Waals surface area contributed by atoms with Crippen LogP contribution in [-0.2, 0) is 19.6 Å². The van der Waals surface area contributed by atoms with Crippen molar-refractivity contribution in [2.24, 2.45) is 11.7 Å². The van der Waals surface area contributed by atoms with Crippen LogP contribution < -0.4 is 5.73 Å². The molecule has 0 aromatic heterocycles.